The first-order valence-electron chi connectivity index (χ1n) is 6.36. The van der Waals surface area contributed by atoms with Crippen LogP contribution in [0.3, 0.4) is 0 Å². The Bertz CT molecular complexity index is 785. The molecule has 0 aliphatic carbocycles. The highest BCUT2D eigenvalue weighted by atomic mass is 32.3. The molecule has 2 aromatic rings. The van der Waals surface area contributed by atoms with E-state index < -0.39 is 10.4 Å². The maximum atomic E-state index is 12.0. The molecule has 7 heteroatoms. The third-order valence-corrected chi connectivity index (χ3v) is 3.30. The molecule has 2 aromatic carbocycles. The molecule has 0 aliphatic heterocycles. The van der Waals surface area contributed by atoms with Crippen molar-refractivity contribution in [3.63, 3.8) is 0 Å². The zero-order valence-electron chi connectivity index (χ0n) is 12.1. The van der Waals surface area contributed by atoms with Gasteiger partial charge in [0.25, 0.3) is 5.91 Å². The maximum Gasteiger partial charge on any atom is 0.446 e. The molecular formula is C15H15NO5S. The summed E-state index contributed by atoms with van der Waals surface area (Å²) in [6, 6.07) is 13.1. The minimum absolute atomic E-state index is 0.0518. The molecule has 0 heterocycles. The standard InChI is InChI=1S/C15H15NO5S/c1-16(2)15(17)12-8-9-14(21-22(18,19)20)13(10-12)11-6-4-3-5-7-11/h3-10H,1-2H3,(H,18,19,20). The minimum Gasteiger partial charge on any atom is -0.361 e. The first-order valence-corrected chi connectivity index (χ1v) is 7.72. The zero-order valence-corrected chi connectivity index (χ0v) is 12.9. The van der Waals surface area contributed by atoms with E-state index in [0.717, 1.165) is 0 Å². The predicted molar refractivity (Wildman–Crippen MR) is 82.1 cm³/mol. The molecule has 1 N–H and O–H groups in total. The predicted octanol–water partition coefficient (Wildman–Crippen LogP) is 2.24. The Labute approximate surface area is 128 Å². The van der Waals surface area contributed by atoms with Crippen LogP contribution in [-0.4, -0.2) is 37.9 Å². The van der Waals surface area contributed by atoms with Crippen LogP contribution < -0.4 is 4.18 Å². The lowest BCUT2D eigenvalue weighted by molar-refractivity contribution is 0.0827. The van der Waals surface area contributed by atoms with E-state index in [1.807, 2.05) is 6.07 Å². The van der Waals surface area contributed by atoms with Crippen LogP contribution in [0.1, 0.15) is 10.4 Å². The number of nitrogens with zero attached hydrogens (tertiary/aromatic N) is 1. The number of benzene rings is 2. The molecule has 0 unspecified atom stereocenters. The van der Waals surface area contributed by atoms with Gasteiger partial charge in [0.05, 0.1) is 0 Å². The SMILES string of the molecule is CN(C)C(=O)c1ccc(OS(=O)(=O)O)c(-c2ccccc2)c1. The largest absolute Gasteiger partial charge is 0.446 e. The molecule has 6 nitrogen and oxygen atoms in total. The number of hydrogen-bond acceptors (Lipinski definition) is 4. The quantitative estimate of drug-likeness (QED) is 0.873. The van der Waals surface area contributed by atoms with E-state index in [9.17, 15) is 13.2 Å². The smallest absolute Gasteiger partial charge is 0.361 e. The molecule has 2 rings (SSSR count). The highest BCUT2D eigenvalue weighted by molar-refractivity contribution is 7.81. The molecule has 0 bridgehead atoms. The van der Waals surface area contributed by atoms with E-state index >= 15 is 0 Å². The van der Waals surface area contributed by atoms with Gasteiger partial charge in [0.1, 0.15) is 0 Å². The summed E-state index contributed by atoms with van der Waals surface area (Å²) in [6.07, 6.45) is 0. The van der Waals surface area contributed by atoms with Crippen LogP contribution in [-0.2, 0) is 10.4 Å². The van der Waals surface area contributed by atoms with Crippen LogP contribution in [0.15, 0.2) is 48.5 Å². The van der Waals surface area contributed by atoms with Gasteiger partial charge in [-0.25, -0.2) is 0 Å². The molecule has 0 radical (unpaired) electrons. The third kappa shape index (κ3) is 3.84. The number of amides is 1. The summed E-state index contributed by atoms with van der Waals surface area (Å²) < 4.78 is 35.4. The van der Waals surface area contributed by atoms with Crippen molar-refractivity contribution in [1.29, 1.82) is 0 Å². The average Bonchev–Trinajstić information content (AvgIpc) is 2.46. The van der Waals surface area contributed by atoms with Crippen molar-refractivity contribution >= 4 is 16.3 Å². The average molecular weight is 321 g/mol. The van der Waals surface area contributed by atoms with Gasteiger partial charge in [-0.3, -0.25) is 9.35 Å². The van der Waals surface area contributed by atoms with E-state index in [-0.39, 0.29) is 11.7 Å². The summed E-state index contributed by atoms with van der Waals surface area (Å²) in [6.45, 7) is 0. The normalized spacial score (nSPS) is 11.0. The van der Waals surface area contributed by atoms with Gasteiger partial charge in [-0.1, -0.05) is 30.3 Å². The highest BCUT2D eigenvalue weighted by Crippen LogP contribution is 2.32. The molecule has 22 heavy (non-hydrogen) atoms. The Kier molecular flexibility index (Phi) is 4.48. The Morgan fingerprint density at radius 3 is 2.27 bits per heavy atom. The van der Waals surface area contributed by atoms with Crippen molar-refractivity contribution < 1.29 is 21.9 Å². The number of carbonyl (C=O) groups excluding carboxylic acids is 1. The van der Waals surface area contributed by atoms with Crippen molar-refractivity contribution in [2.75, 3.05) is 14.1 Å². The molecule has 0 atom stereocenters. The second-order valence-electron chi connectivity index (χ2n) is 4.79. The van der Waals surface area contributed by atoms with Gasteiger partial charge < -0.3 is 9.08 Å². The first-order chi connectivity index (χ1) is 10.3. The molecule has 0 spiro atoms. The van der Waals surface area contributed by atoms with Gasteiger partial charge in [0, 0.05) is 25.2 Å². The van der Waals surface area contributed by atoms with Gasteiger partial charge in [0.15, 0.2) is 5.75 Å². The summed E-state index contributed by atoms with van der Waals surface area (Å²) in [4.78, 5) is 13.5. The monoisotopic (exact) mass is 321 g/mol. The molecule has 0 saturated heterocycles. The lowest BCUT2D eigenvalue weighted by atomic mass is 10.0. The van der Waals surface area contributed by atoms with Crippen LogP contribution in [0.4, 0.5) is 0 Å². The Morgan fingerprint density at radius 2 is 1.73 bits per heavy atom. The van der Waals surface area contributed by atoms with Crippen molar-refractivity contribution in [3.05, 3.63) is 54.1 Å². The molecule has 0 saturated carbocycles. The van der Waals surface area contributed by atoms with Crippen molar-refractivity contribution in [1.82, 2.24) is 4.90 Å². The topological polar surface area (TPSA) is 83.9 Å². The van der Waals surface area contributed by atoms with E-state index in [4.69, 9.17) is 4.55 Å². The molecule has 0 fully saturated rings. The second kappa shape index (κ2) is 6.17. The van der Waals surface area contributed by atoms with Crippen LogP contribution >= 0.6 is 0 Å². The third-order valence-electron chi connectivity index (χ3n) is 2.91. The van der Waals surface area contributed by atoms with Gasteiger partial charge in [-0.2, -0.15) is 8.42 Å². The van der Waals surface area contributed by atoms with Gasteiger partial charge >= 0.3 is 10.4 Å². The number of rotatable bonds is 4. The summed E-state index contributed by atoms with van der Waals surface area (Å²) in [7, 11) is -1.42. The summed E-state index contributed by atoms with van der Waals surface area (Å²) in [5.74, 6) is -0.278. The van der Waals surface area contributed by atoms with Crippen LogP contribution in [0.25, 0.3) is 11.1 Å². The molecule has 1 amide bonds. The zero-order chi connectivity index (χ0) is 16.3. The molecular weight excluding hydrogens is 306 g/mol. The van der Waals surface area contributed by atoms with Crippen molar-refractivity contribution in [2.24, 2.45) is 0 Å². The minimum atomic E-state index is -4.65. The molecule has 0 aliphatic rings. The molecule has 116 valence electrons. The fourth-order valence-electron chi connectivity index (χ4n) is 1.95. The van der Waals surface area contributed by atoms with Gasteiger partial charge in [-0.15, -0.1) is 0 Å². The second-order valence-corrected chi connectivity index (χ2v) is 5.81. The van der Waals surface area contributed by atoms with Gasteiger partial charge in [-0.05, 0) is 23.8 Å². The summed E-state index contributed by atoms with van der Waals surface area (Å²) >= 11 is 0. The maximum absolute atomic E-state index is 12.0. The Balaban J connectivity index is 2.58. The Morgan fingerprint density at radius 1 is 1.09 bits per heavy atom. The lowest BCUT2D eigenvalue weighted by Gasteiger charge is -2.14. The van der Waals surface area contributed by atoms with Crippen LogP contribution in [0, 0.1) is 0 Å². The fraction of sp³-hybridized carbons (Fsp3) is 0.133. The van der Waals surface area contributed by atoms with E-state index in [2.05, 4.69) is 4.18 Å². The Hall–Kier alpha value is -2.38. The fourth-order valence-corrected chi connectivity index (χ4v) is 2.32. The lowest BCUT2D eigenvalue weighted by Crippen LogP contribution is -2.21. The van der Waals surface area contributed by atoms with Gasteiger partial charge in [0.2, 0.25) is 0 Å². The van der Waals surface area contributed by atoms with Crippen LogP contribution in [0.5, 0.6) is 5.75 Å². The van der Waals surface area contributed by atoms with E-state index in [0.29, 0.717) is 16.7 Å². The highest BCUT2D eigenvalue weighted by Gasteiger charge is 2.16. The van der Waals surface area contributed by atoms with Crippen molar-refractivity contribution in [2.45, 2.75) is 0 Å². The number of hydrogen-bond donors (Lipinski definition) is 1. The van der Waals surface area contributed by atoms with E-state index in [1.165, 1.54) is 23.1 Å². The van der Waals surface area contributed by atoms with E-state index in [1.54, 1.807) is 38.4 Å². The van der Waals surface area contributed by atoms with Crippen molar-refractivity contribution in [3.8, 4) is 16.9 Å². The van der Waals surface area contributed by atoms with Crippen LogP contribution in [0.2, 0.25) is 0 Å². The first kappa shape index (κ1) is 16.0. The summed E-state index contributed by atoms with van der Waals surface area (Å²) in [5.41, 5.74) is 1.44. The number of carbonyl (C=O) groups is 1. The summed E-state index contributed by atoms with van der Waals surface area (Å²) in [5, 5.41) is 0. The molecule has 0 aromatic heterocycles.